The Labute approximate surface area is 424 Å². The van der Waals surface area contributed by atoms with Crippen LogP contribution in [0.3, 0.4) is 0 Å². The predicted octanol–water partition coefficient (Wildman–Crippen LogP) is 16.7. The Hall–Kier alpha value is -4.32. The SMILES string of the molecule is CC(=O)[C@H](C)Cc1ccc(C)cc1.CC(=O)[C@H](C)Cc1ccc(C)cc1.CC(=O)[C@H](C)Cc1ccc(C)cc1.CCCCC[C@@H](C)C(C)=O.CCCCC[C@@H](C)C(C)=O.CCCCC[C@@H](C)C(C)=O. The molecule has 390 valence electrons. The van der Waals surface area contributed by atoms with Crippen LogP contribution in [0.2, 0.25) is 0 Å². The summed E-state index contributed by atoms with van der Waals surface area (Å²) in [6, 6.07) is 25.1. The minimum absolute atomic E-state index is 0.141. The Morgan fingerprint density at radius 1 is 0.304 bits per heavy atom. The van der Waals surface area contributed by atoms with Crippen molar-refractivity contribution in [1.82, 2.24) is 0 Å². The number of carbonyl (C=O) groups is 6. The second-order valence-electron chi connectivity index (χ2n) is 20.1. The summed E-state index contributed by atoms with van der Waals surface area (Å²) in [4.78, 5) is 65.3. The van der Waals surface area contributed by atoms with Crippen molar-refractivity contribution in [3.8, 4) is 0 Å². The molecule has 3 aromatic rings. The molecule has 0 aromatic heterocycles. The molecule has 0 unspecified atom stereocenters. The topological polar surface area (TPSA) is 102 Å². The molecule has 3 aromatic carbocycles. The predicted molar refractivity (Wildman–Crippen MR) is 296 cm³/mol. The molecule has 0 aliphatic carbocycles. The molecule has 0 fully saturated rings. The number of ketones is 6. The van der Waals surface area contributed by atoms with E-state index in [9.17, 15) is 28.8 Å². The van der Waals surface area contributed by atoms with Gasteiger partial charge in [-0.05, 0) is 118 Å². The van der Waals surface area contributed by atoms with E-state index in [1.807, 2.05) is 41.5 Å². The molecule has 6 nitrogen and oxygen atoms in total. The zero-order valence-corrected chi connectivity index (χ0v) is 47.4. The van der Waals surface area contributed by atoms with Crippen molar-refractivity contribution in [2.24, 2.45) is 35.5 Å². The Balaban J connectivity index is -0.000000762. The number of unbranched alkanes of at least 4 members (excludes halogenated alkanes) is 6. The van der Waals surface area contributed by atoms with E-state index in [2.05, 4.69) is 114 Å². The first-order valence-corrected chi connectivity index (χ1v) is 26.5. The zero-order valence-electron chi connectivity index (χ0n) is 47.4. The molecule has 0 spiro atoms. The van der Waals surface area contributed by atoms with Gasteiger partial charge in [0, 0.05) is 35.5 Å². The van der Waals surface area contributed by atoms with Gasteiger partial charge in [-0.1, -0.05) is 210 Å². The third kappa shape index (κ3) is 41.2. The summed E-state index contributed by atoms with van der Waals surface area (Å²) >= 11 is 0. The number of aryl methyl sites for hydroxylation is 3. The van der Waals surface area contributed by atoms with Crippen molar-refractivity contribution < 1.29 is 28.8 Å². The molecule has 0 aliphatic rings. The van der Waals surface area contributed by atoms with Gasteiger partial charge in [0.1, 0.15) is 34.7 Å². The number of rotatable bonds is 24. The number of carbonyl (C=O) groups excluding carboxylic acids is 6. The van der Waals surface area contributed by atoms with Crippen LogP contribution in [0.15, 0.2) is 72.8 Å². The molecule has 69 heavy (non-hydrogen) atoms. The average molecular weight is 956 g/mol. The van der Waals surface area contributed by atoms with Crippen LogP contribution in [0.5, 0.6) is 0 Å². The van der Waals surface area contributed by atoms with Gasteiger partial charge in [0.05, 0.1) is 0 Å². The van der Waals surface area contributed by atoms with Crippen LogP contribution in [0.25, 0.3) is 0 Å². The minimum atomic E-state index is 0.141. The first-order chi connectivity index (χ1) is 32.3. The Morgan fingerprint density at radius 3 is 0.623 bits per heavy atom. The highest BCUT2D eigenvalue weighted by Gasteiger charge is 2.11. The summed E-state index contributed by atoms with van der Waals surface area (Å²) in [6.07, 6.45) is 16.9. The second-order valence-corrected chi connectivity index (χ2v) is 20.1. The van der Waals surface area contributed by atoms with Gasteiger partial charge in [0.25, 0.3) is 0 Å². The van der Waals surface area contributed by atoms with E-state index < -0.39 is 0 Å². The largest absolute Gasteiger partial charge is 0.300 e. The van der Waals surface area contributed by atoms with Gasteiger partial charge in [0.2, 0.25) is 0 Å². The molecular weight excluding hydrogens is 853 g/mol. The van der Waals surface area contributed by atoms with Gasteiger partial charge in [-0.3, -0.25) is 28.8 Å². The molecule has 0 saturated carbocycles. The van der Waals surface area contributed by atoms with Crippen molar-refractivity contribution in [1.29, 1.82) is 0 Å². The van der Waals surface area contributed by atoms with Gasteiger partial charge in [0.15, 0.2) is 0 Å². The highest BCUT2D eigenvalue weighted by atomic mass is 16.1. The maximum atomic E-state index is 11.0. The fraction of sp³-hybridized carbons (Fsp3) is 0.619. The van der Waals surface area contributed by atoms with Crippen LogP contribution in [0.1, 0.15) is 214 Å². The molecule has 3 rings (SSSR count). The van der Waals surface area contributed by atoms with Crippen LogP contribution in [-0.2, 0) is 48.0 Å². The van der Waals surface area contributed by atoms with Crippen molar-refractivity contribution in [2.75, 3.05) is 0 Å². The molecule has 6 atom stereocenters. The summed E-state index contributed by atoms with van der Waals surface area (Å²) in [7, 11) is 0. The van der Waals surface area contributed by atoms with Crippen LogP contribution < -0.4 is 0 Å². The average Bonchev–Trinajstić information content (AvgIpc) is 3.29. The smallest absolute Gasteiger partial charge is 0.132 e. The number of hydrogen-bond acceptors (Lipinski definition) is 6. The Kier molecular flexibility index (Phi) is 42.5. The fourth-order valence-electron chi connectivity index (χ4n) is 6.38. The van der Waals surface area contributed by atoms with E-state index in [1.165, 1.54) is 91.2 Å². The first kappa shape index (κ1) is 68.9. The quantitative estimate of drug-likeness (QED) is 0.0829. The lowest BCUT2D eigenvalue weighted by molar-refractivity contribution is -0.121. The van der Waals surface area contributed by atoms with Gasteiger partial charge < -0.3 is 0 Å². The van der Waals surface area contributed by atoms with Crippen molar-refractivity contribution in [3.05, 3.63) is 106 Å². The Morgan fingerprint density at radius 2 is 0.478 bits per heavy atom. The number of benzene rings is 3. The van der Waals surface area contributed by atoms with Crippen molar-refractivity contribution in [3.63, 3.8) is 0 Å². The first-order valence-electron chi connectivity index (χ1n) is 26.5. The molecule has 6 heteroatoms. The minimum Gasteiger partial charge on any atom is -0.300 e. The molecular formula is C63H102O6. The molecule has 0 radical (unpaired) electrons. The highest BCUT2D eigenvalue weighted by molar-refractivity contribution is 5.79. The molecule has 0 heterocycles. The molecule has 0 saturated heterocycles. The van der Waals surface area contributed by atoms with E-state index in [4.69, 9.17) is 0 Å². The zero-order chi connectivity index (χ0) is 53.5. The molecule has 0 aliphatic heterocycles. The van der Waals surface area contributed by atoms with Gasteiger partial charge in [-0.15, -0.1) is 0 Å². The third-order valence-electron chi connectivity index (χ3n) is 12.9. The number of Topliss-reactive ketones (excluding diaryl/α,β-unsaturated/α-hetero) is 6. The highest BCUT2D eigenvalue weighted by Crippen LogP contribution is 2.14. The fourth-order valence-corrected chi connectivity index (χ4v) is 6.38. The van der Waals surface area contributed by atoms with Crippen LogP contribution in [-0.4, -0.2) is 34.7 Å². The van der Waals surface area contributed by atoms with E-state index in [0.29, 0.717) is 17.3 Å². The van der Waals surface area contributed by atoms with Crippen LogP contribution >= 0.6 is 0 Å². The summed E-state index contributed by atoms with van der Waals surface area (Å²) in [6.45, 7) is 34.7. The van der Waals surface area contributed by atoms with E-state index in [1.54, 1.807) is 41.5 Å². The van der Waals surface area contributed by atoms with E-state index >= 15 is 0 Å². The lowest BCUT2D eigenvalue weighted by atomic mass is 9.97. The second kappa shape index (κ2) is 42.5. The molecule has 0 bridgehead atoms. The standard InChI is InChI=1S/3C12H16O.3C9H18O/c3*1-9-4-6-12(7-5-9)8-10(2)11(3)13;3*1-4-5-6-7-8(2)9(3)10/h3*4-7,10H,8H2,1-3H3;3*8H,4-7H2,1-3H3/t3*10-;3*8-/m111111/s1. The Bertz CT molecular complexity index is 1590. The van der Waals surface area contributed by atoms with Crippen molar-refractivity contribution >= 4 is 34.7 Å². The normalized spacial score (nSPS) is 12.8. The van der Waals surface area contributed by atoms with Gasteiger partial charge in [-0.25, -0.2) is 0 Å². The maximum Gasteiger partial charge on any atom is 0.132 e. The third-order valence-corrected chi connectivity index (χ3v) is 12.9. The summed E-state index contributed by atoms with van der Waals surface area (Å²) < 4.78 is 0. The number of hydrogen-bond donors (Lipinski definition) is 0. The van der Waals surface area contributed by atoms with Crippen LogP contribution in [0, 0.1) is 56.3 Å². The lowest BCUT2D eigenvalue weighted by Gasteiger charge is -2.07. The van der Waals surface area contributed by atoms with E-state index in [0.717, 1.165) is 38.5 Å². The van der Waals surface area contributed by atoms with Gasteiger partial charge >= 0.3 is 0 Å². The van der Waals surface area contributed by atoms with Crippen molar-refractivity contribution in [2.45, 2.75) is 221 Å². The van der Waals surface area contributed by atoms with Gasteiger partial charge in [-0.2, -0.15) is 0 Å². The lowest BCUT2D eigenvalue weighted by Crippen LogP contribution is -2.09. The molecule has 0 amide bonds. The van der Waals surface area contributed by atoms with E-state index in [-0.39, 0.29) is 52.9 Å². The summed E-state index contributed by atoms with van der Waals surface area (Å²) in [5.41, 5.74) is 7.52. The maximum absolute atomic E-state index is 11.0. The molecule has 0 N–H and O–H groups in total. The summed E-state index contributed by atoms with van der Waals surface area (Å²) in [5.74, 6) is 3.06. The van der Waals surface area contributed by atoms with Crippen LogP contribution in [0.4, 0.5) is 0 Å². The summed E-state index contributed by atoms with van der Waals surface area (Å²) in [5, 5.41) is 0. The monoisotopic (exact) mass is 955 g/mol.